The molecule has 136 valence electrons. The number of hydrogen-bond acceptors (Lipinski definition) is 4. The molecule has 0 spiro atoms. The minimum atomic E-state index is -0.991. The number of allylic oxidation sites excluding steroid dienone is 3. The highest BCUT2D eigenvalue weighted by molar-refractivity contribution is 5.64. The van der Waals surface area contributed by atoms with Gasteiger partial charge >= 0.3 is 0 Å². The van der Waals surface area contributed by atoms with Crippen LogP contribution in [0.4, 0.5) is 0 Å². The van der Waals surface area contributed by atoms with E-state index in [4.69, 9.17) is 4.74 Å². The number of aliphatic carboxylic acids is 1. The largest absolute Gasteiger partial charge is 0.550 e. The topological polar surface area (TPSA) is 72.9 Å². The third-order valence-corrected chi connectivity index (χ3v) is 3.97. The van der Waals surface area contributed by atoms with E-state index in [-0.39, 0.29) is 12.5 Å². The lowest BCUT2D eigenvalue weighted by atomic mass is 10.1. The van der Waals surface area contributed by atoms with Crippen molar-refractivity contribution in [2.45, 2.75) is 83.0 Å². The van der Waals surface area contributed by atoms with Crippen LogP contribution in [-0.4, -0.2) is 29.4 Å². The van der Waals surface area contributed by atoms with E-state index in [2.05, 4.69) is 6.92 Å². The van der Waals surface area contributed by atoms with Gasteiger partial charge in [0.15, 0.2) is 0 Å². The second kappa shape index (κ2) is 13.0. The Hall–Kier alpha value is -1.39. The van der Waals surface area contributed by atoms with E-state index in [0.717, 1.165) is 19.3 Å². The van der Waals surface area contributed by atoms with Gasteiger partial charge in [0, 0.05) is 5.97 Å². The molecule has 0 bridgehead atoms. The van der Waals surface area contributed by atoms with Gasteiger partial charge in [0.25, 0.3) is 0 Å². The van der Waals surface area contributed by atoms with Crippen LogP contribution in [0.1, 0.15) is 64.7 Å². The van der Waals surface area contributed by atoms with E-state index in [1.807, 2.05) is 36.5 Å². The van der Waals surface area contributed by atoms with Crippen molar-refractivity contribution in [3.8, 4) is 0 Å². The van der Waals surface area contributed by atoms with Crippen molar-refractivity contribution >= 4 is 5.97 Å². The molecular formula is C20H31O4-. The predicted octanol–water partition coefficient (Wildman–Crippen LogP) is 3.06. The van der Waals surface area contributed by atoms with E-state index in [0.29, 0.717) is 18.9 Å². The van der Waals surface area contributed by atoms with Crippen molar-refractivity contribution in [3.63, 3.8) is 0 Å². The molecule has 1 aliphatic heterocycles. The maximum atomic E-state index is 10.2. The lowest BCUT2D eigenvalue weighted by Crippen LogP contribution is -2.21. The molecule has 0 radical (unpaired) electrons. The quantitative estimate of drug-likeness (QED) is 0.301. The molecule has 1 rings (SSSR count). The molecule has 24 heavy (non-hydrogen) atoms. The number of carbonyl (C=O) groups excluding carboxylic acids is 1. The van der Waals surface area contributed by atoms with Crippen molar-refractivity contribution in [2.75, 3.05) is 0 Å². The number of epoxide rings is 1. The normalized spacial score (nSPS) is 21.9. The summed E-state index contributed by atoms with van der Waals surface area (Å²) in [6.07, 6.45) is 19.6. The maximum Gasteiger partial charge on any atom is 0.102 e. The summed E-state index contributed by atoms with van der Waals surface area (Å²) in [5, 5.41) is 20.1. The highest BCUT2D eigenvalue weighted by atomic mass is 16.6. The first kappa shape index (κ1) is 20.7. The summed E-state index contributed by atoms with van der Waals surface area (Å²) in [7, 11) is 0. The minimum Gasteiger partial charge on any atom is -0.550 e. The fraction of sp³-hybridized carbons (Fsp3) is 0.650. The summed E-state index contributed by atoms with van der Waals surface area (Å²) >= 11 is 0. The Morgan fingerprint density at radius 3 is 2.75 bits per heavy atom. The van der Waals surface area contributed by atoms with Gasteiger partial charge in [-0.1, -0.05) is 62.6 Å². The Morgan fingerprint density at radius 1 is 1.21 bits per heavy atom. The van der Waals surface area contributed by atoms with Gasteiger partial charge in [-0.25, -0.2) is 0 Å². The Labute approximate surface area is 145 Å². The Kier molecular flexibility index (Phi) is 11.2. The van der Waals surface area contributed by atoms with Crippen molar-refractivity contribution in [2.24, 2.45) is 0 Å². The lowest BCUT2D eigenvalue weighted by molar-refractivity contribution is -0.305. The minimum absolute atomic E-state index is 0.114. The van der Waals surface area contributed by atoms with Gasteiger partial charge in [0.1, 0.15) is 6.10 Å². The number of aliphatic hydroxyl groups excluding tert-OH is 1. The summed E-state index contributed by atoms with van der Waals surface area (Å²) in [6.45, 7) is 2.20. The molecule has 1 unspecified atom stereocenters. The van der Waals surface area contributed by atoms with Crippen LogP contribution in [0.2, 0.25) is 0 Å². The van der Waals surface area contributed by atoms with Gasteiger partial charge in [-0.15, -0.1) is 0 Å². The number of rotatable bonds is 14. The molecule has 1 fully saturated rings. The zero-order chi connectivity index (χ0) is 17.6. The van der Waals surface area contributed by atoms with Gasteiger partial charge in [-0.2, -0.15) is 0 Å². The van der Waals surface area contributed by atoms with Crippen LogP contribution in [0.25, 0.3) is 0 Å². The molecule has 0 aliphatic carbocycles. The first-order chi connectivity index (χ1) is 11.6. The molecule has 1 N–H and O–H groups in total. The number of aliphatic hydroxyl groups is 1. The van der Waals surface area contributed by atoms with Gasteiger partial charge in [0.2, 0.25) is 0 Å². The lowest BCUT2D eigenvalue weighted by Gasteiger charge is -1.99. The molecule has 1 heterocycles. The SMILES string of the molecule is CCCCC[C@@H]1O[C@@H]1/C=C/C(O)C/C=C\C/C=C\CCCC(=O)[O-]. The van der Waals surface area contributed by atoms with E-state index >= 15 is 0 Å². The first-order valence-corrected chi connectivity index (χ1v) is 9.15. The second-order valence-electron chi connectivity index (χ2n) is 6.27. The van der Waals surface area contributed by atoms with E-state index in [1.54, 1.807) is 0 Å². The maximum absolute atomic E-state index is 10.2. The zero-order valence-corrected chi connectivity index (χ0v) is 14.7. The number of hydrogen-bond donors (Lipinski definition) is 1. The van der Waals surface area contributed by atoms with E-state index < -0.39 is 12.1 Å². The Balaban J connectivity index is 2.01. The first-order valence-electron chi connectivity index (χ1n) is 9.15. The van der Waals surface area contributed by atoms with Crippen molar-refractivity contribution in [1.29, 1.82) is 0 Å². The Morgan fingerprint density at radius 2 is 2.00 bits per heavy atom. The number of ether oxygens (including phenoxy) is 1. The summed E-state index contributed by atoms with van der Waals surface area (Å²) in [4.78, 5) is 10.2. The average molecular weight is 335 g/mol. The highest BCUT2D eigenvalue weighted by Crippen LogP contribution is 2.28. The standard InChI is InChI=1S/C20H32O4/c1-2-3-9-13-18-19(24-18)16-15-17(21)12-10-7-5-4-6-8-11-14-20(22)23/h4,6-7,10,15-19,21H,2-3,5,8-9,11-14H2,1H3,(H,22,23)/p-1/b6-4-,10-7-,16-15+/t17?,18-,19+/m0/s1. The van der Waals surface area contributed by atoms with Gasteiger partial charge in [0.05, 0.1) is 12.2 Å². The summed E-state index contributed by atoms with van der Waals surface area (Å²) < 4.78 is 5.55. The van der Waals surface area contributed by atoms with Crippen molar-refractivity contribution < 1.29 is 19.7 Å². The number of unbranched alkanes of at least 4 members (excludes halogenated alkanes) is 3. The van der Waals surface area contributed by atoms with Crippen LogP contribution in [0, 0.1) is 0 Å². The number of carbonyl (C=O) groups is 1. The van der Waals surface area contributed by atoms with Crippen molar-refractivity contribution in [3.05, 3.63) is 36.5 Å². The number of carboxylic acid groups (broad SMARTS) is 1. The summed E-state index contributed by atoms with van der Waals surface area (Å²) in [5.41, 5.74) is 0. The molecule has 0 amide bonds. The van der Waals surface area contributed by atoms with Gasteiger partial charge in [-0.05, 0) is 38.5 Å². The molecule has 0 aromatic heterocycles. The fourth-order valence-electron chi connectivity index (χ4n) is 2.46. The smallest absolute Gasteiger partial charge is 0.102 e. The monoisotopic (exact) mass is 335 g/mol. The molecule has 1 saturated heterocycles. The summed E-state index contributed by atoms with van der Waals surface area (Å²) in [6, 6.07) is 0. The van der Waals surface area contributed by atoms with Gasteiger partial charge < -0.3 is 19.7 Å². The Bertz CT molecular complexity index is 425. The molecule has 0 saturated carbocycles. The molecule has 4 heteroatoms. The molecule has 3 atom stereocenters. The zero-order valence-electron chi connectivity index (χ0n) is 14.7. The number of carboxylic acids is 1. The second-order valence-corrected chi connectivity index (χ2v) is 6.27. The third-order valence-electron chi connectivity index (χ3n) is 3.97. The van der Waals surface area contributed by atoms with Gasteiger partial charge in [-0.3, -0.25) is 0 Å². The van der Waals surface area contributed by atoms with Crippen molar-refractivity contribution in [1.82, 2.24) is 0 Å². The van der Waals surface area contributed by atoms with Crippen LogP contribution in [0.15, 0.2) is 36.5 Å². The molecule has 0 aromatic carbocycles. The summed E-state index contributed by atoms with van der Waals surface area (Å²) in [5.74, 6) is -0.991. The molecule has 0 aromatic rings. The predicted molar refractivity (Wildman–Crippen MR) is 94.3 cm³/mol. The molecule has 1 aliphatic rings. The molecule has 4 nitrogen and oxygen atoms in total. The fourth-order valence-corrected chi connectivity index (χ4v) is 2.46. The van der Waals surface area contributed by atoms with Crippen LogP contribution >= 0.6 is 0 Å². The van der Waals surface area contributed by atoms with Crippen LogP contribution in [0.5, 0.6) is 0 Å². The highest BCUT2D eigenvalue weighted by Gasteiger charge is 2.35. The van der Waals surface area contributed by atoms with E-state index in [9.17, 15) is 15.0 Å². The third kappa shape index (κ3) is 11.2. The van der Waals surface area contributed by atoms with E-state index in [1.165, 1.54) is 19.3 Å². The van der Waals surface area contributed by atoms with Crippen LogP contribution in [-0.2, 0) is 9.53 Å². The average Bonchev–Trinajstić information content (AvgIpc) is 3.30. The van der Waals surface area contributed by atoms with Crippen LogP contribution < -0.4 is 5.11 Å². The molecular weight excluding hydrogens is 304 g/mol. The van der Waals surface area contributed by atoms with Crippen LogP contribution in [0.3, 0.4) is 0 Å².